The molecular weight excluding hydrogens is 192 g/mol. The smallest absolute Gasteiger partial charge is 0.131 e. The number of aliphatic hydroxyl groups excluding tert-OH is 1. The quantitative estimate of drug-likeness (QED) is 0.729. The molecule has 0 heterocycles. The Balaban J connectivity index is 2.50. The predicted octanol–water partition coefficient (Wildman–Crippen LogP) is 2.04. The fraction of sp³-hybridized carbons (Fsp3) is 0.500. The summed E-state index contributed by atoms with van der Waals surface area (Å²) < 4.78 is 10.8. The maximum atomic E-state index is 8.60. The molecule has 0 bridgehead atoms. The van der Waals surface area contributed by atoms with E-state index in [1.165, 1.54) is 0 Å². The van der Waals surface area contributed by atoms with E-state index >= 15 is 0 Å². The van der Waals surface area contributed by atoms with E-state index in [0.29, 0.717) is 24.5 Å². The second-order valence-electron chi connectivity index (χ2n) is 3.47. The van der Waals surface area contributed by atoms with Gasteiger partial charge in [0.25, 0.3) is 0 Å². The van der Waals surface area contributed by atoms with E-state index in [9.17, 15) is 0 Å². The van der Waals surface area contributed by atoms with Gasteiger partial charge in [-0.15, -0.1) is 0 Å². The summed E-state index contributed by atoms with van der Waals surface area (Å²) in [5.41, 5.74) is 0. The van der Waals surface area contributed by atoms with Gasteiger partial charge in [-0.25, -0.2) is 0 Å². The SMILES string of the molecule is CC(C)Oc1[c]c(OCCCO)ccc1. The van der Waals surface area contributed by atoms with Crippen LogP contribution in [0.15, 0.2) is 18.2 Å². The van der Waals surface area contributed by atoms with Crippen LogP contribution in [0.5, 0.6) is 11.5 Å². The Hall–Kier alpha value is -1.22. The average Bonchev–Trinajstić information content (AvgIpc) is 2.18. The van der Waals surface area contributed by atoms with E-state index in [2.05, 4.69) is 6.07 Å². The molecule has 1 aromatic rings. The van der Waals surface area contributed by atoms with Crippen LogP contribution in [0.3, 0.4) is 0 Å². The summed E-state index contributed by atoms with van der Waals surface area (Å²) in [4.78, 5) is 0. The molecule has 0 amide bonds. The topological polar surface area (TPSA) is 38.7 Å². The monoisotopic (exact) mass is 209 g/mol. The van der Waals surface area contributed by atoms with E-state index < -0.39 is 0 Å². The molecule has 0 aliphatic carbocycles. The van der Waals surface area contributed by atoms with E-state index in [1.807, 2.05) is 32.0 Å². The molecule has 0 saturated heterocycles. The zero-order chi connectivity index (χ0) is 11.1. The van der Waals surface area contributed by atoms with Crippen LogP contribution in [-0.2, 0) is 0 Å². The van der Waals surface area contributed by atoms with Crippen molar-refractivity contribution in [3.8, 4) is 11.5 Å². The first-order valence-corrected chi connectivity index (χ1v) is 5.15. The fourth-order valence-corrected chi connectivity index (χ4v) is 1.08. The standard InChI is InChI=1S/C12H17O3/c1-10(2)15-12-6-3-5-11(9-12)14-8-4-7-13/h3,5-6,10,13H,4,7-8H2,1-2H3. The minimum atomic E-state index is 0.133. The summed E-state index contributed by atoms with van der Waals surface area (Å²) in [6.45, 7) is 4.57. The summed E-state index contributed by atoms with van der Waals surface area (Å²) in [6.07, 6.45) is 0.761. The van der Waals surface area contributed by atoms with Crippen LogP contribution in [0.2, 0.25) is 0 Å². The van der Waals surface area contributed by atoms with Crippen LogP contribution >= 0.6 is 0 Å². The number of aliphatic hydroxyl groups is 1. The number of ether oxygens (including phenoxy) is 2. The van der Waals surface area contributed by atoms with E-state index in [0.717, 1.165) is 0 Å². The van der Waals surface area contributed by atoms with Gasteiger partial charge in [0.2, 0.25) is 0 Å². The zero-order valence-corrected chi connectivity index (χ0v) is 9.19. The summed E-state index contributed by atoms with van der Waals surface area (Å²) in [6, 6.07) is 8.54. The summed E-state index contributed by atoms with van der Waals surface area (Å²) in [5, 5.41) is 8.60. The molecule has 3 nitrogen and oxygen atoms in total. The van der Waals surface area contributed by atoms with Gasteiger partial charge in [-0.3, -0.25) is 0 Å². The first-order valence-electron chi connectivity index (χ1n) is 5.15. The van der Waals surface area contributed by atoms with Crippen LogP contribution in [0.4, 0.5) is 0 Å². The molecular formula is C12H17O3. The predicted molar refractivity (Wildman–Crippen MR) is 58.2 cm³/mol. The average molecular weight is 209 g/mol. The number of hydrogen-bond donors (Lipinski definition) is 1. The highest BCUT2D eigenvalue weighted by atomic mass is 16.5. The van der Waals surface area contributed by atoms with Crippen LogP contribution < -0.4 is 9.47 Å². The molecule has 0 atom stereocenters. The van der Waals surface area contributed by atoms with Gasteiger partial charge in [0, 0.05) is 13.0 Å². The molecule has 1 aromatic carbocycles. The van der Waals surface area contributed by atoms with E-state index in [-0.39, 0.29) is 12.7 Å². The van der Waals surface area contributed by atoms with Crippen molar-refractivity contribution >= 4 is 0 Å². The maximum Gasteiger partial charge on any atom is 0.131 e. The summed E-state index contributed by atoms with van der Waals surface area (Å²) >= 11 is 0. The highest BCUT2D eigenvalue weighted by molar-refractivity contribution is 5.31. The molecule has 15 heavy (non-hydrogen) atoms. The van der Waals surface area contributed by atoms with Crippen molar-refractivity contribution in [1.82, 2.24) is 0 Å². The first-order chi connectivity index (χ1) is 7.22. The maximum absolute atomic E-state index is 8.60. The fourth-order valence-electron chi connectivity index (χ4n) is 1.08. The minimum absolute atomic E-state index is 0.133. The van der Waals surface area contributed by atoms with Gasteiger partial charge in [0.15, 0.2) is 0 Å². The molecule has 0 fully saturated rings. The lowest BCUT2D eigenvalue weighted by molar-refractivity contribution is 0.227. The van der Waals surface area contributed by atoms with Gasteiger partial charge in [-0.05, 0) is 26.0 Å². The van der Waals surface area contributed by atoms with Crippen molar-refractivity contribution in [2.75, 3.05) is 13.2 Å². The van der Waals surface area contributed by atoms with E-state index in [4.69, 9.17) is 14.6 Å². The normalized spacial score (nSPS) is 10.4. The van der Waals surface area contributed by atoms with Crippen molar-refractivity contribution in [3.05, 3.63) is 24.3 Å². The van der Waals surface area contributed by atoms with Gasteiger partial charge in [0.05, 0.1) is 18.8 Å². The van der Waals surface area contributed by atoms with Gasteiger partial charge >= 0.3 is 0 Å². The lowest BCUT2D eigenvalue weighted by Crippen LogP contribution is -2.06. The van der Waals surface area contributed by atoms with Crippen LogP contribution in [0.1, 0.15) is 20.3 Å². The number of hydrogen-bond acceptors (Lipinski definition) is 3. The first kappa shape index (κ1) is 11.9. The Morgan fingerprint density at radius 1 is 1.33 bits per heavy atom. The Morgan fingerprint density at radius 3 is 2.73 bits per heavy atom. The third kappa shape index (κ3) is 4.70. The molecule has 0 aromatic heterocycles. The Morgan fingerprint density at radius 2 is 2.07 bits per heavy atom. The molecule has 1 N–H and O–H groups in total. The van der Waals surface area contributed by atoms with Crippen LogP contribution in [0, 0.1) is 6.07 Å². The molecule has 0 spiro atoms. The third-order valence-electron chi connectivity index (χ3n) is 1.66. The molecule has 83 valence electrons. The van der Waals surface area contributed by atoms with Gasteiger partial charge < -0.3 is 14.6 Å². The Labute approximate surface area is 90.6 Å². The minimum Gasteiger partial charge on any atom is -0.493 e. The number of rotatable bonds is 6. The Bertz CT molecular complexity index is 284. The Kier molecular flexibility index (Phi) is 4.98. The molecule has 1 radical (unpaired) electrons. The second-order valence-corrected chi connectivity index (χ2v) is 3.47. The lowest BCUT2D eigenvalue weighted by atomic mass is 10.3. The van der Waals surface area contributed by atoms with Crippen LogP contribution in [0.25, 0.3) is 0 Å². The van der Waals surface area contributed by atoms with Crippen molar-refractivity contribution in [2.45, 2.75) is 26.4 Å². The van der Waals surface area contributed by atoms with Crippen molar-refractivity contribution in [3.63, 3.8) is 0 Å². The van der Waals surface area contributed by atoms with Gasteiger partial charge in [-0.1, -0.05) is 6.07 Å². The van der Waals surface area contributed by atoms with Gasteiger partial charge in [-0.2, -0.15) is 0 Å². The lowest BCUT2D eigenvalue weighted by Gasteiger charge is -2.10. The molecule has 0 aliphatic heterocycles. The largest absolute Gasteiger partial charge is 0.493 e. The van der Waals surface area contributed by atoms with Crippen molar-refractivity contribution < 1.29 is 14.6 Å². The third-order valence-corrected chi connectivity index (χ3v) is 1.66. The molecule has 0 unspecified atom stereocenters. The van der Waals surface area contributed by atoms with E-state index in [1.54, 1.807) is 0 Å². The van der Waals surface area contributed by atoms with Gasteiger partial charge in [0.1, 0.15) is 11.5 Å². The van der Waals surface area contributed by atoms with Crippen molar-refractivity contribution in [2.24, 2.45) is 0 Å². The van der Waals surface area contributed by atoms with Crippen LogP contribution in [-0.4, -0.2) is 24.4 Å². The van der Waals surface area contributed by atoms with Crippen molar-refractivity contribution in [1.29, 1.82) is 0 Å². The summed E-state index contributed by atoms with van der Waals surface area (Å²) in [7, 11) is 0. The summed E-state index contributed by atoms with van der Waals surface area (Å²) in [5.74, 6) is 1.34. The highest BCUT2D eigenvalue weighted by Crippen LogP contribution is 2.19. The number of benzene rings is 1. The zero-order valence-electron chi connectivity index (χ0n) is 9.19. The molecule has 3 heteroatoms. The molecule has 0 aliphatic rings. The highest BCUT2D eigenvalue weighted by Gasteiger charge is 2.00. The molecule has 1 rings (SSSR count). The second kappa shape index (κ2) is 6.30. The molecule has 0 saturated carbocycles.